The Morgan fingerprint density at radius 1 is 1.31 bits per heavy atom. The lowest BCUT2D eigenvalue weighted by molar-refractivity contribution is 0.0820. The highest BCUT2D eigenvalue weighted by Crippen LogP contribution is 2.06. The lowest BCUT2D eigenvalue weighted by atomic mass is 10.2. The van der Waals surface area contributed by atoms with Gasteiger partial charge in [0.1, 0.15) is 0 Å². The summed E-state index contributed by atoms with van der Waals surface area (Å²) in [6, 6.07) is 0.598. The molecule has 80 valence electrons. The predicted octanol–water partition coefficient (Wildman–Crippen LogP) is 0.641. The Balaban J connectivity index is 0.000000671. The van der Waals surface area contributed by atoms with E-state index in [1.54, 1.807) is 0 Å². The second-order valence-electron chi connectivity index (χ2n) is 3.37. The van der Waals surface area contributed by atoms with Crippen LogP contribution in [0.3, 0.4) is 0 Å². The van der Waals surface area contributed by atoms with Crippen LogP contribution in [0.5, 0.6) is 0 Å². The van der Waals surface area contributed by atoms with Crippen LogP contribution in [0.25, 0.3) is 0 Å². The number of aliphatic hydroxyl groups excluding tert-OH is 1. The van der Waals surface area contributed by atoms with Crippen LogP contribution in [-0.2, 0) is 0 Å². The van der Waals surface area contributed by atoms with Crippen LogP contribution >= 0.6 is 0 Å². The van der Waals surface area contributed by atoms with Gasteiger partial charge in [0.25, 0.3) is 0 Å². The highest BCUT2D eigenvalue weighted by Gasteiger charge is 2.19. The quantitative estimate of drug-likeness (QED) is 0.689. The standard InChI is InChI=1S/C8H18N2O.C2H6/c1-8-7-9(2)3-4-10(8)5-6-11;1-2/h8,11H,3-7H2,1-2H3;1-2H3. The lowest BCUT2D eigenvalue weighted by Crippen LogP contribution is -2.51. The summed E-state index contributed by atoms with van der Waals surface area (Å²) < 4.78 is 0. The van der Waals surface area contributed by atoms with Gasteiger partial charge in [-0.25, -0.2) is 0 Å². The van der Waals surface area contributed by atoms with E-state index in [0.717, 1.165) is 26.2 Å². The fraction of sp³-hybridized carbons (Fsp3) is 1.00. The number of piperazine rings is 1. The lowest BCUT2D eigenvalue weighted by Gasteiger charge is -2.37. The van der Waals surface area contributed by atoms with Gasteiger partial charge in [-0.05, 0) is 14.0 Å². The summed E-state index contributed by atoms with van der Waals surface area (Å²) in [7, 11) is 2.15. The van der Waals surface area contributed by atoms with E-state index in [1.807, 2.05) is 13.8 Å². The molecule has 3 nitrogen and oxygen atoms in total. The summed E-state index contributed by atoms with van der Waals surface area (Å²) in [4.78, 5) is 4.67. The Bertz CT molecular complexity index is 119. The molecule has 1 atom stereocenters. The van der Waals surface area contributed by atoms with Crippen molar-refractivity contribution in [2.24, 2.45) is 0 Å². The van der Waals surface area contributed by atoms with Crippen molar-refractivity contribution in [3.8, 4) is 0 Å². The van der Waals surface area contributed by atoms with Gasteiger partial charge in [-0.15, -0.1) is 0 Å². The molecule has 1 N–H and O–H groups in total. The third kappa shape index (κ3) is 4.60. The molecule has 0 aromatic heterocycles. The minimum atomic E-state index is 0.286. The molecule has 1 aliphatic heterocycles. The summed E-state index contributed by atoms with van der Waals surface area (Å²) in [6.07, 6.45) is 0. The Kier molecular flexibility index (Phi) is 7.23. The number of likely N-dealkylation sites (N-methyl/N-ethyl adjacent to an activating group) is 1. The number of β-amino-alcohol motifs (C(OH)–C–C–N with tert-alkyl or cyclic N) is 1. The van der Waals surface area contributed by atoms with Crippen molar-refractivity contribution in [3.05, 3.63) is 0 Å². The molecule has 1 heterocycles. The zero-order valence-electron chi connectivity index (χ0n) is 9.45. The molecule has 3 heteroatoms. The molecule has 0 bridgehead atoms. The van der Waals surface area contributed by atoms with Gasteiger partial charge in [-0.3, -0.25) is 4.90 Å². The summed E-state index contributed by atoms with van der Waals surface area (Å²) in [6.45, 7) is 10.7. The van der Waals surface area contributed by atoms with Gasteiger partial charge in [0, 0.05) is 32.2 Å². The van der Waals surface area contributed by atoms with Gasteiger partial charge in [0.15, 0.2) is 0 Å². The van der Waals surface area contributed by atoms with Gasteiger partial charge in [-0.2, -0.15) is 0 Å². The molecular formula is C10H24N2O. The first kappa shape index (κ1) is 12.9. The van der Waals surface area contributed by atoms with Gasteiger partial charge < -0.3 is 10.0 Å². The largest absolute Gasteiger partial charge is 0.395 e. The van der Waals surface area contributed by atoms with Crippen molar-refractivity contribution in [1.82, 2.24) is 9.80 Å². The number of hydrogen-bond acceptors (Lipinski definition) is 3. The molecule has 0 amide bonds. The molecule has 1 unspecified atom stereocenters. The molecule has 1 aliphatic rings. The van der Waals surface area contributed by atoms with Gasteiger partial charge in [0.05, 0.1) is 6.61 Å². The summed E-state index contributed by atoms with van der Waals surface area (Å²) in [5.74, 6) is 0. The number of nitrogens with zero attached hydrogens (tertiary/aromatic N) is 2. The summed E-state index contributed by atoms with van der Waals surface area (Å²) >= 11 is 0. The van der Waals surface area contributed by atoms with Crippen LogP contribution in [-0.4, -0.2) is 60.8 Å². The van der Waals surface area contributed by atoms with Gasteiger partial charge in [-0.1, -0.05) is 13.8 Å². The van der Waals surface area contributed by atoms with E-state index in [0.29, 0.717) is 6.04 Å². The fourth-order valence-electron chi connectivity index (χ4n) is 1.64. The number of rotatable bonds is 2. The number of hydrogen-bond donors (Lipinski definition) is 1. The first-order chi connectivity index (χ1) is 6.24. The zero-order chi connectivity index (χ0) is 10.3. The van der Waals surface area contributed by atoms with Crippen LogP contribution in [0.4, 0.5) is 0 Å². The number of aliphatic hydroxyl groups is 1. The Hall–Kier alpha value is -0.120. The predicted molar refractivity (Wildman–Crippen MR) is 57.0 cm³/mol. The maximum absolute atomic E-state index is 8.75. The second-order valence-corrected chi connectivity index (χ2v) is 3.37. The topological polar surface area (TPSA) is 26.7 Å². The van der Waals surface area contributed by atoms with Crippen LogP contribution in [0.2, 0.25) is 0 Å². The average Bonchev–Trinajstić information content (AvgIpc) is 2.14. The average molecular weight is 188 g/mol. The molecule has 1 fully saturated rings. The van der Waals surface area contributed by atoms with E-state index in [9.17, 15) is 0 Å². The second kappa shape index (κ2) is 7.30. The van der Waals surface area contributed by atoms with Crippen molar-refractivity contribution in [2.45, 2.75) is 26.8 Å². The highest BCUT2D eigenvalue weighted by molar-refractivity contribution is 4.76. The SMILES string of the molecule is CC.CC1CN(C)CCN1CCO. The molecule has 0 spiro atoms. The molecule has 0 saturated carbocycles. The van der Waals surface area contributed by atoms with Crippen LogP contribution in [0.15, 0.2) is 0 Å². The monoisotopic (exact) mass is 188 g/mol. The fourth-order valence-corrected chi connectivity index (χ4v) is 1.64. The summed E-state index contributed by atoms with van der Waals surface area (Å²) in [5.41, 5.74) is 0. The van der Waals surface area contributed by atoms with E-state index in [1.165, 1.54) is 0 Å². The van der Waals surface area contributed by atoms with Crippen LogP contribution < -0.4 is 0 Å². The molecular weight excluding hydrogens is 164 g/mol. The van der Waals surface area contributed by atoms with Crippen molar-refractivity contribution >= 4 is 0 Å². The van der Waals surface area contributed by atoms with Gasteiger partial charge in [0.2, 0.25) is 0 Å². The highest BCUT2D eigenvalue weighted by atomic mass is 16.3. The van der Waals surface area contributed by atoms with Crippen LogP contribution in [0, 0.1) is 0 Å². The smallest absolute Gasteiger partial charge is 0.0558 e. The molecule has 0 radical (unpaired) electrons. The molecule has 1 rings (SSSR count). The van der Waals surface area contributed by atoms with E-state index in [-0.39, 0.29) is 6.61 Å². The first-order valence-corrected chi connectivity index (χ1v) is 5.27. The minimum absolute atomic E-state index is 0.286. The summed E-state index contributed by atoms with van der Waals surface area (Å²) in [5, 5.41) is 8.75. The normalized spacial score (nSPS) is 25.2. The Labute approximate surface area is 82.3 Å². The van der Waals surface area contributed by atoms with E-state index < -0.39 is 0 Å². The molecule has 1 saturated heterocycles. The zero-order valence-corrected chi connectivity index (χ0v) is 9.45. The van der Waals surface area contributed by atoms with E-state index in [4.69, 9.17) is 5.11 Å². The maximum Gasteiger partial charge on any atom is 0.0558 e. The third-order valence-electron chi connectivity index (χ3n) is 2.36. The molecule has 13 heavy (non-hydrogen) atoms. The molecule has 0 aromatic rings. The van der Waals surface area contributed by atoms with Crippen molar-refractivity contribution in [2.75, 3.05) is 39.8 Å². The van der Waals surface area contributed by atoms with Crippen LogP contribution in [0.1, 0.15) is 20.8 Å². The Morgan fingerprint density at radius 2 is 1.92 bits per heavy atom. The minimum Gasteiger partial charge on any atom is -0.395 e. The Morgan fingerprint density at radius 3 is 2.38 bits per heavy atom. The van der Waals surface area contributed by atoms with Crippen molar-refractivity contribution in [3.63, 3.8) is 0 Å². The third-order valence-corrected chi connectivity index (χ3v) is 2.36. The van der Waals surface area contributed by atoms with E-state index >= 15 is 0 Å². The van der Waals surface area contributed by atoms with E-state index in [2.05, 4.69) is 23.8 Å². The van der Waals surface area contributed by atoms with Crippen molar-refractivity contribution < 1.29 is 5.11 Å². The van der Waals surface area contributed by atoms with Gasteiger partial charge >= 0.3 is 0 Å². The molecule has 0 aliphatic carbocycles. The maximum atomic E-state index is 8.75. The first-order valence-electron chi connectivity index (χ1n) is 5.27. The molecule has 0 aromatic carbocycles. The van der Waals surface area contributed by atoms with Crippen molar-refractivity contribution in [1.29, 1.82) is 0 Å².